The number of carbonyl (C=O) groups is 1. The maximum absolute atomic E-state index is 11.7. The van der Waals surface area contributed by atoms with E-state index in [4.69, 9.17) is 11.7 Å². The second-order valence-electron chi connectivity index (χ2n) is 3.42. The molecule has 2 heterocycles. The standard InChI is InChI=1S/C10H7BrN4O/c1-2-6-3-8(16)15(5-6)10-7(4-12)9(11)13-14-10/h1,6H,3,5H2,(H,13,14). The lowest BCUT2D eigenvalue weighted by molar-refractivity contribution is -0.117. The first-order chi connectivity index (χ1) is 7.67. The first-order valence-corrected chi connectivity index (χ1v) is 5.37. The van der Waals surface area contributed by atoms with Crippen LogP contribution in [0.25, 0.3) is 0 Å². The highest BCUT2D eigenvalue weighted by molar-refractivity contribution is 9.10. The van der Waals surface area contributed by atoms with Crippen molar-refractivity contribution in [2.24, 2.45) is 5.92 Å². The van der Waals surface area contributed by atoms with Crippen molar-refractivity contribution in [3.63, 3.8) is 0 Å². The molecule has 1 aromatic heterocycles. The smallest absolute Gasteiger partial charge is 0.229 e. The zero-order valence-electron chi connectivity index (χ0n) is 8.20. The maximum atomic E-state index is 11.7. The summed E-state index contributed by atoms with van der Waals surface area (Å²) in [5.74, 6) is 2.69. The van der Waals surface area contributed by atoms with E-state index in [1.807, 2.05) is 6.07 Å². The molecule has 1 N–H and O–H groups in total. The van der Waals surface area contributed by atoms with Gasteiger partial charge in [-0.25, -0.2) is 0 Å². The number of aromatic amines is 1. The molecular weight excluding hydrogens is 272 g/mol. The zero-order chi connectivity index (χ0) is 11.7. The van der Waals surface area contributed by atoms with E-state index in [9.17, 15) is 4.79 Å². The zero-order valence-corrected chi connectivity index (χ0v) is 9.78. The molecule has 6 heteroatoms. The van der Waals surface area contributed by atoms with Crippen LogP contribution < -0.4 is 4.90 Å². The third-order valence-electron chi connectivity index (χ3n) is 2.43. The molecule has 0 spiro atoms. The lowest BCUT2D eigenvalue weighted by Crippen LogP contribution is -2.25. The molecule has 1 fully saturated rings. The minimum absolute atomic E-state index is 0.0987. The summed E-state index contributed by atoms with van der Waals surface area (Å²) in [5.41, 5.74) is 0.325. The molecule has 1 atom stereocenters. The Hall–Kier alpha value is -1.79. The predicted molar refractivity (Wildman–Crippen MR) is 60.3 cm³/mol. The Labute approximate surface area is 101 Å². The van der Waals surface area contributed by atoms with Crippen LogP contribution in [0.2, 0.25) is 0 Å². The molecule has 1 amide bonds. The van der Waals surface area contributed by atoms with Gasteiger partial charge in [0, 0.05) is 18.9 Å². The fourth-order valence-electron chi connectivity index (χ4n) is 1.63. The molecule has 1 unspecified atom stereocenters. The molecule has 16 heavy (non-hydrogen) atoms. The lowest BCUT2D eigenvalue weighted by atomic mass is 10.1. The molecule has 80 valence electrons. The predicted octanol–water partition coefficient (Wildman–Crippen LogP) is 1.03. The SMILES string of the molecule is C#CC1CC(=O)N(c2n[nH]c(Br)c2C#N)C1. The van der Waals surface area contributed by atoms with Gasteiger partial charge >= 0.3 is 0 Å². The molecule has 0 aromatic carbocycles. The molecule has 0 radical (unpaired) electrons. The van der Waals surface area contributed by atoms with Crippen LogP contribution in [0.15, 0.2) is 4.60 Å². The number of nitriles is 1. The van der Waals surface area contributed by atoms with Gasteiger partial charge in [-0.15, -0.1) is 12.3 Å². The summed E-state index contributed by atoms with van der Waals surface area (Å²) in [6.45, 7) is 0.418. The van der Waals surface area contributed by atoms with Crippen molar-refractivity contribution in [2.45, 2.75) is 6.42 Å². The van der Waals surface area contributed by atoms with E-state index in [1.54, 1.807) is 0 Å². The van der Waals surface area contributed by atoms with Crippen LogP contribution in [-0.2, 0) is 4.79 Å². The monoisotopic (exact) mass is 278 g/mol. The Bertz CT molecular complexity index is 522. The van der Waals surface area contributed by atoms with Gasteiger partial charge in [-0.2, -0.15) is 10.4 Å². The van der Waals surface area contributed by atoms with Crippen molar-refractivity contribution in [3.8, 4) is 18.4 Å². The van der Waals surface area contributed by atoms with Crippen LogP contribution in [0, 0.1) is 29.6 Å². The number of hydrogen-bond donors (Lipinski definition) is 1. The highest BCUT2D eigenvalue weighted by atomic mass is 79.9. The largest absolute Gasteiger partial charge is 0.293 e. The third-order valence-corrected chi connectivity index (χ3v) is 3.01. The average molecular weight is 279 g/mol. The Kier molecular flexibility index (Phi) is 2.67. The minimum atomic E-state index is -0.102. The van der Waals surface area contributed by atoms with Gasteiger partial charge in [0.2, 0.25) is 5.91 Å². The molecule has 5 nitrogen and oxygen atoms in total. The van der Waals surface area contributed by atoms with Crippen molar-refractivity contribution < 1.29 is 4.79 Å². The number of H-pyrrole nitrogens is 1. The van der Waals surface area contributed by atoms with Gasteiger partial charge in [-0.1, -0.05) is 0 Å². The summed E-state index contributed by atoms with van der Waals surface area (Å²) in [4.78, 5) is 13.1. The van der Waals surface area contributed by atoms with Gasteiger partial charge < -0.3 is 0 Å². The summed E-state index contributed by atoms with van der Waals surface area (Å²) < 4.78 is 0.474. The Morgan fingerprint density at radius 3 is 3.00 bits per heavy atom. The van der Waals surface area contributed by atoms with Crippen molar-refractivity contribution >= 4 is 27.7 Å². The lowest BCUT2D eigenvalue weighted by Gasteiger charge is -2.12. The first-order valence-electron chi connectivity index (χ1n) is 4.57. The summed E-state index contributed by atoms with van der Waals surface area (Å²) in [6.07, 6.45) is 5.59. The number of nitrogens with zero attached hydrogens (tertiary/aromatic N) is 3. The van der Waals surface area contributed by atoms with E-state index in [1.165, 1.54) is 4.90 Å². The van der Waals surface area contributed by atoms with Crippen LogP contribution in [0.1, 0.15) is 12.0 Å². The topological polar surface area (TPSA) is 72.8 Å². The number of halogens is 1. The Morgan fingerprint density at radius 1 is 1.69 bits per heavy atom. The van der Waals surface area contributed by atoms with E-state index < -0.39 is 0 Å². The van der Waals surface area contributed by atoms with Crippen LogP contribution in [0.4, 0.5) is 5.82 Å². The Balaban J connectivity index is 2.36. The normalized spacial score (nSPS) is 19.6. The number of amides is 1. The second kappa shape index (κ2) is 3.99. The summed E-state index contributed by atoms with van der Waals surface area (Å²) >= 11 is 3.16. The molecule has 0 saturated carbocycles. The van der Waals surface area contributed by atoms with E-state index >= 15 is 0 Å². The van der Waals surface area contributed by atoms with Gasteiger partial charge in [0.25, 0.3) is 0 Å². The van der Waals surface area contributed by atoms with E-state index in [0.717, 1.165) is 0 Å². The summed E-state index contributed by atoms with van der Waals surface area (Å²) in [7, 11) is 0. The van der Waals surface area contributed by atoms with E-state index in [-0.39, 0.29) is 11.8 Å². The second-order valence-corrected chi connectivity index (χ2v) is 4.21. The molecule has 1 aliphatic heterocycles. The molecule has 0 bridgehead atoms. The molecule has 2 rings (SSSR count). The van der Waals surface area contributed by atoms with Crippen LogP contribution >= 0.6 is 15.9 Å². The average Bonchev–Trinajstić information content (AvgIpc) is 2.81. The quantitative estimate of drug-likeness (QED) is 0.780. The molecule has 1 aliphatic rings. The van der Waals surface area contributed by atoms with Gasteiger partial charge in [-0.3, -0.25) is 14.8 Å². The molecule has 0 aliphatic carbocycles. The van der Waals surface area contributed by atoms with Crippen LogP contribution in [0.5, 0.6) is 0 Å². The molecular formula is C10H7BrN4O. The van der Waals surface area contributed by atoms with Crippen molar-refractivity contribution in [2.75, 3.05) is 11.4 Å². The molecule has 1 aromatic rings. The first kappa shape index (κ1) is 10.7. The Morgan fingerprint density at radius 2 is 2.44 bits per heavy atom. The highest BCUT2D eigenvalue weighted by Crippen LogP contribution is 2.29. The fraction of sp³-hybridized carbons (Fsp3) is 0.300. The van der Waals surface area contributed by atoms with Gasteiger partial charge in [0.05, 0.1) is 0 Å². The molecule has 1 saturated heterocycles. The number of terminal acetylenes is 1. The van der Waals surface area contributed by atoms with E-state index in [2.05, 4.69) is 32.0 Å². The number of carbonyl (C=O) groups excluding carboxylic acids is 1. The van der Waals surface area contributed by atoms with Crippen molar-refractivity contribution in [3.05, 3.63) is 10.2 Å². The van der Waals surface area contributed by atoms with Gasteiger partial charge in [0.15, 0.2) is 5.82 Å². The van der Waals surface area contributed by atoms with Gasteiger partial charge in [-0.05, 0) is 15.9 Å². The number of rotatable bonds is 1. The summed E-state index contributed by atoms with van der Waals surface area (Å²) in [5, 5.41) is 15.5. The van der Waals surface area contributed by atoms with Gasteiger partial charge in [0.1, 0.15) is 16.2 Å². The maximum Gasteiger partial charge on any atom is 0.229 e. The fourth-order valence-corrected chi connectivity index (χ4v) is 1.98. The van der Waals surface area contributed by atoms with Crippen molar-refractivity contribution in [1.29, 1.82) is 5.26 Å². The van der Waals surface area contributed by atoms with Crippen LogP contribution in [-0.4, -0.2) is 22.6 Å². The van der Waals surface area contributed by atoms with E-state index in [0.29, 0.717) is 29.0 Å². The number of nitrogens with one attached hydrogen (secondary N) is 1. The number of aromatic nitrogens is 2. The number of anilines is 1. The van der Waals surface area contributed by atoms with Crippen LogP contribution in [0.3, 0.4) is 0 Å². The number of hydrogen-bond acceptors (Lipinski definition) is 3. The summed E-state index contributed by atoms with van der Waals surface area (Å²) in [6, 6.07) is 1.99. The minimum Gasteiger partial charge on any atom is -0.293 e. The van der Waals surface area contributed by atoms with Crippen molar-refractivity contribution in [1.82, 2.24) is 10.2 Å². The third kappa shape index (κ3) is 1.58. The highest BCUT2D eigenvalue weighted by Gasteiger charge is 2.32.